The first-order chi connectivity index (χ1) is 7.15. The van der Waals surface area contributed by atoms with Gasteiger partial charge in [-0.25, -0.2) is 4.98 Å². The number of halogens is 1. The lowest BCUT2D eigenvalue weighted by atomic mass is 10.1. The third-order valence-electron chi connectivity index (χ3n) is 2.61. The van der Waals surface area contributed by atoms with Crippen molar-refractivity contribution in [1.29, 1.82) is 0 Å². The van der Waals surface area contributed by atoms with Gasteiger partial charge in [0.1, 0.15) is 11.3 Å². The van der Waals surface area contributed by atoms with Crippen molar-refractivity contribution in [2.75, 3.05) is 7.11 Å². The average molecular weight is 222 g/mol. The fourth-order valence-corrected chi connectivity index (χ4v) is 1.88. The predicted molar refractivity (Wildman–Crippen MR) is 62.8 cm³/mol. The number of benzene rings is 1. The molecule has 0 fully saturated rings. The van der Waals surface area contributed by atoms with E-state index in [-0.39, 0.29) is 0 Å². The molecule has 0 radical (unpaired) electrons. The zero-order valence-electron chi connectivity index (χ0n) is 8.97. The molecule has 3 heteroatoms. The largest absolute Gasteiger partial charge is 0.494 e. The molecule has 2 rings (SSSR count). The van der Waals surface area contributed by atoms with E-state index in [2.05, 4.69) is 4.98 Å². The van der Waals surface area contributed by atoms with Gasteiger partial charge in [-0.05, 0) is 25.5 Å². The highest BCUT2D eigenvalue weighted by Gasteiger charge is 2.10. The quantitative estimate of drug-likeness (QED) is 0.735. The standard InChI is InChI=1S/C12H12ClNO/c1-7-8(2)14-12-9(11(7)13)5-4-6-10(12)15-3/h4-6H,1-3H3. The summed E-state index contributed by atoms with van der Waals surface area (Å²) in [4.78, 5) is 4.50. The molecule has 0 amide bonds. The molecule has 0 aliphatic carbocycles. The van der Waals surface area contributed by atoms with Crippen molar-refractivity contribution in [3.63, 3.8) is 0 Å². The number of ether oxygens (including phenoxy) is 1. The second-order valence-electron chi connectivity index (χ2n) is 3.49. The molecule has 0 N–H and O–H groups in total. The van der Waals surface area contributed by atoms with Crippen molar-refractivity contribution in [2.45, 2.75) is 13.8 Å². The van der Waals surface area contributed by atoms with Gasteiger partial charge < -0.3 is 4.74 Å². The minimum atomic E-state index is 0.761. The van der Waals surface area contributed by atoms with Crippen LogP contribution in [0.2, 0.25) is 5.02 Å². The van der Waals surface area contributed by atoms with Crippen molar-refractivity contribution in [3.8, 4) is 5.75 Å². The van der Waals surface area contributed by atoms with Gasteiger partial charge in [0, 0.05) is 11.1 Å². The molecule has 0 atom stereocenters. The van der Waals surface area contributed by atoms with E-state index in [4.69, 9.17) is 16.3 Å². The monoisotopic (exact) mass is 221 g/mol. The molecule has 0 unspecified atom stereocenters. The summed E-state index contributed by atoms with van der Waals surface area (Å²) in [6, 6.07) is 5.77. The molecule has 0 bridgehead atoms. The Bertz CT molecular complexity index is 523. The molecule has 0 saturated carbocycles. The third-order valence-corrected chi connectivity index (χ3v) is 3.09. The molecule has 0 saturated heterocycles. The number of pyridine rings is 1. The number of aryl methyl sites for hydroxylation is 1. The van der Waals surface area contributed by atoms with Crippen molar-refractivity contribution >= 4 is 22.5 Å². The summed E-state index contributed by atoms with van der Waals surface area (Å²) < 4.78 is 5.26. The Hall–Kier alpha value is -1.28. The normalized spacial score (nSPS) is 10.7. The predicted octanol–water partition coefficient (Wildman–Crippen LogP) is 3.51. The van der Waals surface area contributed by atoms with Crippen molar-refractivity contribution < 1.29 is 4.74 Å². The van der Waals surface area contributed by atoms with E-state index in [0.29, 0.717) is 0 Å². The van der Waals surface area contributed by atoms with Gasteiger partial charge in [-0.2, -0.15) is 0 Å². The lowest BCUT2D eigenvalue weighted by molar-refractivity contribution is 0.419. The molecule has 0 aliphatic heterocycles. The number of nitrogens with zero attached hydrogens (tertiary/aromatic N) is 1. The number of fused-ring (bicyclic) bond motifs is 1. The third kappa shape index (κ3) is 1.55. The molecule has 78 valence electrons. The Balaban J connectivity index is 2.91. The minimum Gasteiger partial charge on any atom is -0.494 e. The number of aromatic nitrogens is 1. The van der Waals surface area contributed by atoms with Crippen LogP contribution in [0.3, 0.4) is 0 Å². The van der Waals surface area contributed by atoms with E-state index in [1.807, 2.05) is 32.0 Å². The summed E-state index contributed by atoms with van der Waals surface area (Å²) in [6.45, 7) is 3.93. The molecule has 0 aliphatic rings. The molecular formula is C12H12ClNO. The number of hydrogen-bond acceptors (Lipinski definition) is 2. The van der Waals surface area contributed by atoms with Crippen molar-refractivity contribution in [1.82, 2.24) is 4.98 Å². The maximum atomic E-state index is 6.26. The van der Waals surface area contributed by atoms with Crippen LogP contribution in [0.15, 0.2) is 18.2 Å². The Morgan fingerprint density at radius 3 is 2.67 bits per heavy atom. The van der Waals surface area contributed by atoms with Crippen LogP contribution in [0, 0.1) is 13.8 Å². The first kappa shape index (κ1) is 10.2. The van der Waals surface area contributed by atoms with Gasteiger partial charge in [0.05, 0.1) is 12.1 Å². The molecule has 1 aromatic heterocycles. The highest BCUT2D eigenvalue weighted by Crippen LogP contribution is 2.32. The Labute approximate surface area is 93.8 Å². The summed E-state index contributed by atoms with van der Waals surface area (Å²) in [5.74, 6) is 0.762. The zero-order valence-corrected chi connectivity index (χ0v) is 9.72. The number of rotatable bonds is 1. The van der Waals surface area contributed by atoms with Crippen LogP contribution in [-0.4, -0.2) is 12.1 Å². The number of methoxy groups -OCH3 is 1. The van der Waals surface area contributed by atoms with Crippen molar-refractivity contribution in [3.05, 3.63) is 34.5 Å². The van der Waals surface area contributed by atoms with Gasteiger partial charge in [-0.3, -0.25) is 0 Å². The van der Waals surface area contributed by atoms with Gasteiger partial charge in [-0.1, -0.05) is 23.7 Å². The molecule has 0 spiro atoms. The molecule has 1 heterocycles. The first-order valence-corrected chi connectivity index (χ1v) is 5.12. The van der Waals surface area contributed by atoms with E-state index in [0.717, 1.165) is 32.9 Å². The molecule has 2 aromatic rings. The van der Waals surface area contributed by atoms with E-state index < -0.39 is 0 Å². The maximum Gasteiger partial charge on any atom is 0.145 e. The smallest absolute Gasteiger partial charge is 0.145 e. The topological polar surface area (TPSA) is 22.1 Å². The molecule has 15 heavy (non-hydrogen) atoms. The lowest BCUT2D eigenvalue weighted by Crippen LogP contribution is -1.93. The summed E-state index contributed by atoms with van der Waals surface area (Å²) in [5, 5.41) is 1.70. The summed E-state index contributed by atoms with van der Waals surface area (Å²) >= 11 is 6.26. The van der Waals surface area contributed by atoms with Crippen LogP contribution in [-0.2, 0) is 0 Å². The second kappa shape index (κ2) is 3.70. The van der Waals surface area contributed by atoms with Crippen LogP contribution in [0.1, 0.15) is 11.3 Å². The summed E-state index contributed by atoms with van der Waals surface area (Å²) in [7, 11) is 1.64. The van der Waals surface area contributed by atoms with Gasteiger partial charge in [-0.15, -0.1) is 0 Å². The molecule has 2 nitrogen and oxygen atoms in total. The Morgan fingerprint density at radius 2 is 2.00 bits per heavy atom. The molecular weight excluding hydrogens is 210 g/mol. The van der Waals surface area contributed by atoms with Crippen LogP contribution >= 0.6 is 11.6 Å². The van der Waals surface area contributed by atoms with E-state index in [9.17, 15) is 0 Å². The van der Waals surface area contributed by atoms with Crippen LogP contribution in [0.4, 0.5) is 0 Å². The first-order valence-electron chi connectivity index (χ1n) is 4.74. The lowest BCUT2D eigenvalue weighted by Gasteiger charge is -2.09. The Kier molecular flexibility index (Phi) is 2.53. The maximum absolute atomic E-state index is 6.26. The highest BCUT2D eigenvalue weighted by molar-refractivity contribution is 6.36. The van der Waals surface area contributed by atoms with E-state index in [1.165, 1.54) is 0 Å². The fraction of sp³-hybridized carbons (Fsp3) is 0.250. The van der Waals surface area contributed by atoms with E-state index in [1.54, 1.807) is 7.11 Å². The van der Waals surface area contributed by atoms with Crippen molar-refractivity contribution in [2.24, 2.45) is 0 Å². The van der Waals surface area contributed by atoms with Gasteiger partial charge in [0.2, 0.25) is 0 Å². The van der Waals surface area contributed by atoms with Crippen LogP contribution < -0.4 is 4.74 Å². The SMILES string of the molecule is COc1cccc2c(Cl)c(C)c(C)nc12. The van der Waals surface area contributed by atoms with Crippen LogP contribution in [0.25, 0.3) is 10.9 Å². The van der Waals surface area contributed by atoms with Gasteiger partial charge in [0.15, 0.2) is 0 Å². The van der Waals surface area contributed by atoms with E-state index >= 15 is 0 Å². The fourth-order valence-electron chi connectivity index (χ4n) is 1.59. The number of hydrogen-bond donors (Lipinski definition) is 0. The summed E-state index contributed by atoms with van der Waals surface area (Å²) in [5.41, 5.74) is 2.79. The highest BCUT2D eigenvalue weighted by atomic mass is 35.5. The van der Waals surface area contributed by atoms with Gasteiger partial charge in [0.25, 0.3) is 0 Å². The average Bonchev–Trinajstić information content (AvgIpc) is 2.25. The number of para-hydroxylation sites is 1. The molecule has 1 aromatic carbocycles. The summed E-state index contributed by atoms with van der Waals surface area (Å²) in [6.07, 6.45) is 0. The minimum absolute atomic E-state index is 0.761. The van der Waals surface area contributed by atoms with Gasteiger partial charge >= 0.3 is 0 Å². The zero-order chi connectivity index (χ0) is 11.0. The van der Waals surface area contributed by atoms with Crippen LogP contribution in [0.5, 0.6) is 5.75 Å². The Morgan fingerprint density at radius 1 is 1.27 bits per heavy atom. The second-order valence-corrected chi connectivity index (χ2v) is 3.87.